The third-order valence-electron chi connectivity index (χ3n) is 2.15. The van der Waals surface area contributed by atoms with Crippen molar-refractivity contribution in [1.29, 1.82) is 0 Å². The lowest BCUT2D eigenvalue weighted by Crippen LogP contribution is -2.35. The maximum absolute atomic E-state index is 13.4. The highest BCUT2D eigenvalue weighted by atomic mass is 32.2. The number of ether oxygens (including phenoxy) is 1. The SMILES string of the molecule is CSC1CN(C(=O)OC(C)(C)C)CC1F. The molecule has 2 unspecified atom stereocenters. The molecule has 0 aromatic heterocycles. The molecule has 0 aliphatic carbocycles. The number of halogens is 1. The highest BCUT2D eigenvalue weighted by Gasteiger charge is 2.36. The van der Waals surface area contributed by atoms with Crippen LogP contribution < -0.4 is 0 Å². The van der Waals surface area contributed by atoms with Crippen molar-refractivity contribution in [3.63, 3.8) is 0 Å². The number of alkyl halides is 1. The molecule has 1 fully saturated rings. The summed E-state index contributed by atoms with van der Waals surface area (Å²) in [4.78, 5) is 13.0. The highest BCUT2D eigenvalue weighted by Crippen LogP contribution is 2.24. The molecule has 0 N–H and O–H groups in total. The van der Waals surface area contributed by atoms with Gasteiger partial charge in [0, 0.05) is 6.54 Å². The van der Waals surface area contributed by atoms with E-state index in [9.17, 15) is 9.18 Å². The summed E-state index contributed by atoms with van der Waals surface area (Å²) in [6, 6.07) is 0. The maximum Gasteiger partial charge on any atom is 0.410 e. The number of hydrogen-bond donors (Lipinski definition) is 0. The van der Waals surface area contributed by atoms with Crippen molar-refractivity contribution in [3.05, 3.63) is 0 Å². The first-order chi connectivity index (χ1) is 6.83. The smallest absolute Gasteiger partial charge is 0.410 e. The van der Waals surface area contributed by atoms with Gasteiger partial charge >= 0.3 is 6.09 Å². The molecule has 1 heterocycles. The molecule has 0 aromatic carbocycles. The summed E-state index contributed by atoms with van der Waals surface area (Å²) in [6.45, 7) is 6.01. The average molecular weight is 235 g/mol. The third kappa shape index (κ3) is 3.55. The van der Waals surface area contributed by atoms with E-state index < -0.39 is 17.9 Å². The van der Waals surface area contributed by atoms with E-state index in [-0.39, 0.29) is 11.8 Å². The van der Waals surface area contributed by atoms with Crippen LogP contribution in [0.25, 0.3) is 0 Å². The van der Waals surface area contributed by atoms with Crippen molar-refractivity contribution >= 4 is 17.9 Å². The molecule has 1 amide bonds. The van der Waals surface area contributed by atoms with Crippen molar-refractivity contribution in [3.8, 4) is 0 Å². The quantitative estimate of drug-likeness (QED) is 0.698. The Balaban J connectivity index is 2.50. The van der Waals surface area contributed by atoms with Gasteiger partial charge in [0.15, 0.2) is 0 Å². The summed E-state index contributed by atoms with van der Waals surface area (Å²) in [5, 5.41) is -0.113. The van der Waals surface area contributed by atoms with Crippen LogP contribution in [0, 0.1) is 0 Å². The van der Waals surface area contributed by atoms with Gasteiger partial charge in [0.2, 0.25) is 0 Å². The number of nitrogens with zero attached hydrogens (tertiary/aromatic N) is 1. The molecule has 1 rings (SSSR count). The van der Waals surface area contributed by atoms with E-state index in [0.29, 0.717) is 6.54 Å². The molecule has 0 radical (unpaired) electrons. The van der Waals surface area contributed by atoms with E-state index in [1.165, 1.54) is 16.7 Å². The van der Waals surface area contributed by atoms with E-state index in [0.717, 1.165) is 0 Å². The summed E-state index contributed by atoms with van der Waals surface area (Å²) in [5.74, 6) is 0. The number of carbonyl (C=O) groups excluding carboxylic acids is 1. The molecule has 0 saturated carbocycles. The zero-order valence-electron chi connectivity index (χ0n) is 9.62. The van der Waals surface area contributed by atoms with Crippen molar-refractivity contribution in [2.24, 2.45) is 0 Å². The van der Waals surface area contributed by atoms with Gasteiger partial charge in [-0.05, 0) is 27.0 Å². The topological polar surface area (TPSA) is 29.5 Å². The molecule has 1 saturated heterocycles. The van der Waals surface area contributed by atoms with Crippen LogP contribution in [0.15, 0.2) is 0 Å². The van der Waals surface area contributed by atoms with Crippen molar-refractivity contribution in [2.75, 3.05) is 19.3 Å². The van der Waals surface area contributed by atoms with Gasteiger partial charge in [-0.1, -0.05) is 0 Å². The second-order valence-corrected chi connectivity index (χ2v) is 5.75. The molecule has 3 nitrogen and oxygen atoms in total. The summed E-state index contributed by atoms with van der Waals surface area (Å²) in [5.41, 5.74) is -0.514. The van der Waals surface area contributed by atoms with Crippen molar-refractivity contribution in [1.82, 2.24) is 4.90 Å². The molecule has 88 valence electrons. The lowest BCUT2D eigenvalue weighted by Gasteiger charge is -2.24. The first kappa shape index (κ1) is 12.6. The minimum atomic E-state index is -0.937. The molecular weight excluding hydrogens is 217 g/mol. The molecule has 0 aromatic rings. The first-order valence-electron chi connectivity index (χ1n) is 4.98. The van der Waals surface area contributed by atoms with Crippen LogP contribution in [0.4, 0.5) is 9.18 Å². The van der Waals surface area contributed by atoms with Crippen molar-refractivity contribution in [2.45, 2.75) is 37.8 Å². The summed E-state index contributed by atoms with van der Waals surface area (Å²) < 4.78 is 18.5. The predicted octanol–water partition coefficient (Wildman–Crippen LogP) is 2.31. The number of hydrogen-bond acceptors (Lipinski definition) is 3. The minimum absolute atomic E-state index is 0.113. The zero-order chi connectivity index (χ0) is 11.6. The fraction of sp³-hybridized carbons (Fsp3) is 0.900. The van der Waals surface area contributed by atoms with E-state index in [1.54, 1.807) is 20.8 Å². The highest BCUT2D eigenvalue weighted by molar-refractivity contribution is 7.99. The van der Waals surface area contributed by atoms with E-state index in [1.807, 2.05) is 6.26 Å². The summed E-state index contributed by atoms with van der Waals surface area (Å²) in [7, 11) is 0. The summed E-state index contributed by atoms with van der Waals surface area (Å²) in [6.07, 6.45) is 0.504. The van der Waals surface area contributed by atoms with Crippen LogP contribution in [0.2, 0.25) is 0 Å². The maximum atomic E-state index is 13.4. The first-order valence-corrected chi connectivity index (χ1v) is 6.27. The lowest BCUT2D eigenvalue weighted by atomic mass is 10.2. The molecule has 5 heteroatoms. The Morgan fingerprint density at radius 1 is 1.47 bits per heavy atom. The number of thioether (sulfide) groups is 1. The standard InChI is InChI=1S/C10H18FNO2S/c1-10(2,3)14-9(13)12-5-7(11)8(6-12)15-4/h7-8H,5-6H2,1-4H3. The zero-order valence-corrected chi connectivity index (χ0v) is 10.4. The van der Waals surface area contributed by atoms with Gasteiger partial charge in [-0.3, -0.25) is 0 Å². The number of carbonyl (C=O) groups is 1. The Morgan fingerprint density at radius 2 is 2.07 bits per heavy atom. The lowest BCUT2D eigenvalue weighted by molar-refractivity contribution is 0.0284. The second-order valence-electron chi connectivity index (χ2n) is 4.68. The van der Waals surface area contributed by atoms with Crippen LogP contribution in [0.1, 0.15) is 20.8 Å². The van der Waals surface area contributed by atoms with E-state index in [2.05, 4.69) is 0 Å². The van der Waals surface area contributed by atoms with Crippen LogP contribution in [0.5, 0.6) is 0 Å². The largest absolute Gasteiger partial charge is 0.444 e. The normalized spacial score (nSPS) is 26.9. The van der Waals surface area contributed by atoms with Crippen LogP contribution in [-0.4, -0.2) is 47.4 Å². The van der Waals surface area contributed by atoms with Gasteiger partial charge in [0.25, 0.3) is 0 Å². The molecule has 15 heavy (non-hydrogen) atoms. The monoisotopic (exact) mass is 235 g/mol. The number of amides is 1. The number of likely N-dealkylation sites (tertiary alicyclic amines) is 1. The molecule has 2 atom stereocenters. The number of rotatable bonds is 1. The van der Waals surface area contributed by atoms with Gasteiger partial charge in [-0.2, -0.15) is 11.8 Å². The summed E-state index contributed by atoms with van der Waals surface area (Å²) >= 11 is 1.46. The molecule has 0 spiro atoms. The fourth-order valence-corrected chi connectivity index (χ4v) is 2.14. The fourth-order valence-electron chi connectivity index (χ4n) is 1.43. The molecule has 0 bridgehead atoms. The van der Waals surface area contributed by atoms with Gasteiger partial charge in [-0.25, -0.2) is 9.18 Å². The minimum Gasteiger partial charge on any atom is -0.444 e. The second kappa shape index (κ2) is 4.60. The Hall–Kier alpha value is -0.450. The Labute approximate surface area is 94.3 Å². The van der Waals surface area contributed by atoms with Gasteiger partial charge in [0.05, 0.1) is 11.8 Å². The third-order valence-corrected chi connectivity index (χ3v) is 3.20. The predicted molar refractivity (Wildman–Crippen MR) is 60.0 cm³/mol. The van der Waals surface area contributed by atoms with E-state index >= 15 is 0 Å². The van der Waals surface area contributed by atoms with Crippen molar-refractivity contribution < 1.29 is 13.9 Å². The average Bonchev–Trinajstić information content (AvgIpc) is 2.43. The Morgan fingerprint density at radius 3 is 2.47 bits per heavy atom. The van der Waals surface area contributed by atoms with Crippen LogP contribution in [-0.2, 0) is 4.74 Å². The van der Waals surface area contributed by atoms with Crippen LogP contribution in [0.3, 0.4) is 0 Å². The molecule has 1 aliphatic heterocycles. The van der Waals surface area contributed by atoms with E-state index in [4.69, 9.17) is 4.74 Å². The van der Waals surface area contributed by atoms with Gasteiger partial charge < -0.3 is 9.64 Å². The Kier molecular flexibility index (Phi) is 3.87. The van der Waals surface area contributed by atoms with Gasteiger partial charge in [-0.15, -0.1) is 0 Å². The molecular formula is C10H18FNO2S. The van der Waals surface area contributed by atoms with Gasteiger partial charge in [0.1, 0.15) is 11.8 Å². The van der Waals surface area contributed by atoms with Crippen LogP contribution >= 0.6 is 11.8 Å². The molecule has 1 aliphatic rings. The Bertz CT molecular complexity index is 242.